The molecule has 0 heterocycles. The van der Waals surface area contributed by atoms with Crippen molar-refractivity contribution >= 4 is 5.70 Å². The monoisotopic (exact) mass is 242 g/mol. The van der Waals surface area contributed by atoms with Gasteiger partial charge in [-0.05, 0) is 36.8 Å². The third kappa shape index (κ3) is 3.72. The molecule has 0 amide bonds. The summed E-state index contributed by atoms with van der Waals surface area (Å²) < 4.78 is 39.4. The zero-order valence-electron chi connectivity index (χ0n) is 8.88. The molecule has 1 rings (SSSR count). The molecule has 0 spiro atoms. The molecule has 0 saturated carbocycles. The van der Waals surface area contributed by atoms with Crippen LogP contribution in [0.3, 0.4) is 0 Å². The number of halogens is 3. The number of nitriles is 1. The first kappa shape index (κ1) is 12.9. The van der Waals surface area contributed by atoms with Crippen molar-refractivity contribution in [3.63, 3.8) is 0 Å². The van der Waals surface area contributed by atoms with Crippen LogP contribution < -0.4 is 10.5 Å². The lowest BCUT2D eigenvalue weighted by atomic mass is 10.1. The predicted molar refractivity (Wildman–Crippen MR) is 55.5 cm³/mol. The highest BCUT2D eigenvalue weighted by Crippen LogP contribution is 2.24. The molecule has 3 nitrogen and oxygen atoms in total. The van der Waals surface area contributed by atoms with Crippen molar-refractivity contribution in [2.24, 2.45) is 5.73 Å². The molecule has 6 heteroatoms. The Morgan fingerprint density at radius 2 is 1.82 bits per heavy atom. The molecular weight excluding hydrogens is 233 g/mol. The third-order valence-electron chi connectivity index (χ3n) is 1.97. The SMILES string of the molecule is C/C(C#N)=C(/N)c1ccc(OC(F)(F)F)cc1. The van der Waals surface area contributed by atoms with Crippen LogP contribution in [0, 0.1) is 11.3 Å². The van der Waals surface area contributed by atoms with E-state index in [-0.39, 0.29) is 11.4 Å². The Morgan fingerprint density at radius 3 is 2.24 bits per heavy atom. The highest BCUT2D eigenvalue weighted by molar-refractivity contribution is 5.68. The van der Waals surface area contributed by atoms with E-state index in [4.69, 9.17) is 11.0 Å². The summed E-state index contributed by atoms with van der Waals surface area (Å²) in [5, 5.41) is 8.61. The third-order valence-corrected chi connectivity index (χ3v) is 1.97. The van der Waals surface area contributed by atoms with E-state index in [1.165, 1.54) is 19.1 Å². The molecule has 0 aromatic heterocycles. The zero-order chi connectivity index (χ0) is 13.1. The number of benzene rings is 1. The number of allylic oxidation sites excluding steroid dienone is 1. The van der Waals surface area contributed by atoms with E-state index < -0.39 is 6.36 Å². The Morgan fingerprint density at radius 1 is 1.29 bits per heavy atom. The molecule has 0 aliphatic rings. The summed E-state index contributed by atoms with van der Waals surface area (Å²) in [6.07, 6.45) is -4.72. The molecular formula is C11H9F3N2O. The van der Waals surface area contributed by atoms with Crippen LogP contribution in [-0.4, -0.2) is 6.36 Å². The van der Waals surface area contributed by atoms with Gasteiger partial charge < -0.3 is 10.5 Å². The molecule has 0 atom stereocenters. The number of rotatable bonds is 2. The quantitative estimate of drug-likeness (QED) is 0.811. The summed E-state index contributed by atoms with van der Waals surface area (Å²) in [5.74, 6) is -0.330. The van der Waals surface area contributed by atoms with Crippen LogP contribution in [0.4, 0.5) is 13.2 Å². The normalized spacial score (nSPS) is 12.6. The van der Waals surface area contributed by atoms with Crippen molar-refractivity contribution in [2.75, 3.05) is 0 Å². The van der Waals surface area contributed by atoms with Gasteiger partial charge in [-0.3, -0.25) is 0 Å². The van der Waals surface area contributed by atoms with Crippen LogP contribution in [0.2, 0.25) is 0 Å². The summed E-state index contributed by atoms with van der Waals surface area (Å²) in [4.78, 5) is 0. The van der Waals surface area contributed by atoms with Crippen LogP contribution >= 0.6 is 0 Å². The van der Waals surface area contributed by atoms with Crippen LogP contribution in [-0.2, 0) is 0 Å². The lowest BCUT2D eigenvalue weighted by Gasteiger charge is -2.09. The fourth-order valence-electron chi connectivity index (χ4n) is 1.11. The second-order valence-electron chi connectivity index (χ2n) is 3.22. The van der Waals surface area contributed by atoms with Gasteiger partial charge in [-0.2, -0.15) is 5.26 Å². The van der Waals surface area contributed by atoms with Gasteiger partial charge in [-0.15, -0.1) is 13.2 Å². The van der Waals surface area contributed by atoms with Crippen molar-refractivity contribution in [2.45, 2.75) is 13.3 Å². The van der Waals surface area contributed by atoms with E-state index in [9.17, 15) is 13.2 Å². The van der Waals surface area contributed by atoms with Crippen LogP contribution in [0.5, 0.6) is 5.75 Å². The van der Waals surface area contributed by atoms with Crippen molar-refractivity contribution in [3.05, 3.63) is 35.4 Å². The largest absolute Gasteiger partial charge is 0.573 e. The van der Waals surface area contributed by atoms with Crippen LogP contribution in [0.15, 0.2) is 29.8 Å². The van der Waals surface area contributed by atoms with Gasteiger partial charge in [0.15, 0.2) is 0 Å². The average Bonchev–Trinajstić information content (AvgIpc) is 2.26. The van der Waals surface area contributed by atoms with Gasteiger partial charge in [0.1, 0.15) is 5.75 Å². The summed E-state index contributed by atoms with van der Waals surface area (Å²) in [6.45, 7) is 1.52. The minimum atomic E-state index is -4.72. The molecule has 2 N–H and O–H groups in total. The molecule has 0 fully saturated rings. The molecule has 90 valence electrons. The lowest BCUT2D eigenvalue weighted by Crippen LogP contribution is -2.17. The highest BCUT2D eigenvalue weighted by atomic mass is 19.4. The lowest BCUT2D eigenvalue weighted by molar-refractivity contribution is -0.274. The molecule has 1 aromatic carbocycles. The van der Waals surface area contributed by atoms with Crippen molar-refractivity contribution < 1.29 is 17.9 Å². The number of nitrogens with zero attached hydrogens (tertiary/aromatic N) is 1. The maximum Gasteiger partial charge on any atom is 0.573 e. The van der Waals surface area contributed by atoms with E-state index in [0.29, 0.717) is 11.1 Å². The first-order valence-electron chi connectivity index (χ1n) is 4.56. The molecule has 0 aliphatic carbocycles. The first-order chi connectivity index (χ1) is 7.83. The Labute approximate surface area is 95.9 Å². The molecule has 0 unspecified atom stereocenters. The van der Waals surface area contributed by atoms with Crippen molar-refractivity contribution in [1.82, 2.24) is 0 Å². The van der Waals surface area contributed by atoms with Gasteiger partial charge in [-0.25, -0.2) is 0 Å². The smallest absolute Gasteiger partial charge is 0.406 e. The van der Waals surface area contributed by atoms with Gasteiger partial charge in [0.25, 0.3) is 0 Å². The minimum absolute atomic E-state index is 0.228. The van der Waals surface area contributed by atoms with Gasteiger partial charge in [0.2, 0.25) is 0 Å². The molecule has 0 bridgehead atoms. The Balaban J connectivity index is 2.94. The second-order valence-corrected chi connectivity index (χ2v) is 3.22. The summed E-state index contributed by atoms with van der Waals surface area (Å²) in [7, 11) is 0. The molecule has 0 radical (unpaired) electrons. The predicted octanol–water partition coefficient (Wildman–Crippen LogP) is 2.80. The Hall–Kier alpha value is -2.16. The van der Waals surface area contributed by atoms with Gasteiger partial charge in [0.05, 0.1) is 11.8 Å². The summed E-state index contributed by atoms with van der Waals surface area (Å²) in [5.41, 5.74) is 6.62. The summed E-state index contributed by atoms with van der Waals surface area (Å²) >= 11 is 0. The van der Waals surface area contributed by atoms with E-state index in [0.717, 1.165) is 12.1 Å². The molecule has 1 aromatic rings. The van der Waals surface area contributed by atoms with E-state index in [2.05, 4.69) is 4.74 Å². The topological polar surface area (TPSA) is 59.0 Å². The van der Waals surface area contributed by atoms with Crippen molar-refractivity contribution in [1.29, 1.82) is 5.26 Å². The fraction of sp³-hybridized carbons (Fsp3) is 0.182. The van der Waals surface area contributed by atoms with Gasteiger partial charge >= 0.3 is 6.36 Å². The van der Waals surface area contributed by atoms with E-state index in [1.54, 1.807) is 0 Å². The molecule has 17 heavy (non-hydrogen) atoms. The number of hydrogen-bond acceptors (Lipinski definition) is 3. The van der Waals surface area contributed by atoms with E-state index in [1.807, 2.05) is 6.07 Å². The zero-order valence-corrected chi connectivity index (χ0v) is 8.88. The van der Waals surface area contributed by atoms with Crippen molar-refractivity contribution in [3.8, 4) is 11.8 Å². The number of ether oxygens (including phenoxy) is 1. The molecule has 0 aliphatic heterocycles. The second kappa shape index (κ2) is 4.78. The van der Waals surface area contributed by atoms with Crippen LogP contribution in [0.25, 0.3) is 5.70 Å². The highest BCUT2D eigenvalue weighted by Gasteiger charge is 2.30. The Bertz CT molecular complexity index is 469. The van der Waals surface area contributed by atoms with Gasteiger partial charge in [-0.1, -0.05) is 0 Å². The maximum atomic E-state index is 11.9. The molecule has 0 saturated heterocycles. The van der Waals surface area contributed by atoms with Gasteiger partial charge in [0, 0.05) is 5.57 Å². The number of nitrogens with two attached hydrogens (primary N) is 1. The van der Waals surface area contributed by atoms with Crippen LogP contribution in [0.1, 0.15) is 12.5 Å². The summed E-state index contributed by atoms with van der Waals surface area (Å²) in [6, 6.07) is 6.85. The maximum absolute atomic E-state index is 11.9. The first-order valence-corrected chi connectivity index (χ1v) is 4.56. The van der Waals surface area contributed by atoms with E-state index >= 15 is 0 Å². The average molecular weight is 242 g/mol. The standard InChI is InChI=1S/C11H9F3N2O/c1-7(6-15)10(16)8-2-4-9(5-3-8)17-11(12,13)14/h2-5H,16H2,1H3/b10-7-. The Kier molecular flexibility index (Phi) is 3.63. The fourth-order valence-corrected chi connectivity index (χ4v) is 1.11. The minimum Gasteiger partial charge on any atom is -0.406 e. The number of alkyl halides is 3. The number of hydrogen-bond donors (Lipinski definition) is 1.